The molecule has 1 rings (SSSR count). The molecule has 0 bridgehead atoms. The minimum atomic E-state index is -0.00964. The molecule has 2 amide bonds. The van der Waals surface area contributed by atoms with Gasteiger partial charge in [0, 0.05) is 19.4 Å². The maximum absolute atomic E-state index is 11.3. The number of carbonyl (C=O) groups is 2. The van der Waals surface area contributed by atoms with Gasteiger partial charge in [0.2, 0.25) is 11.8 Å². The Labute approximate surface area is 83.6 Å². The van der Waals surface area contributed by atoms with Crippen LogP contribution < -0.4 is 16.0 Å². The van der Waals surface area contributed by atoms with Crippen molar-refractivity contribution in [1.29, 1.82) is 0 Å². The van der Waals surface area contributed by atoms with E-state index in [4.69, 9.17) is 0 Å². The van der Waals surface area contributed by atoms with Crippen molar-refractivity contribution in [3.8, 4) is 0 Å². The molecule has 0 aromatic rings. The van der Waals surface area contributed by atoms with E-state index in [-0.39, 0.29) is 17.9 Å². The highest BCUT2D eigenvalue weighted by atomic mass is 16.2. The number of hydrogen-bond donors (Lipinski definition) is 3. The molecule has 0 aromatic heterocycles. The van der Waals surface area contributed by atoms with Gasteiger partial charge in [0.25, 0.3) is 0 Å². The maximum Gasteiger partial charge on any atom is 0.222 e. The van der Waals surface area contributed by atoms with E-state index < -0.39 is 0 Å². The molecule has 80 valence electrons. The second kappa shape index (κ2) is 5.59. The summed E-state index contributed by atoms with van der Waals surface area (Å²) in [5.74, 6) is 0.0484. The Hall–Kier alpha value is -1.10. The molecule has 1 aliphatic heterocycles. The first kappa shape index (κ1) is 11.0. The van der Waals surface area contributed by atoms with Crippen molar-refractivity contribution in [1.82, 2.24) is 16.0 Å². The van der Waals surface area contributed by atoms with Gasteiger partial charge in [0.05, 0.1) is 6.04 Å². The van der Waals surface area contributed by atoms with E-state index in [1.165, 1.54) is 0 Å². The normalized spacial score (nSPS) is 20.6. The number of rotatable bonds is 5. The average molecular weight is 199 g/mol. The Bertz CT molecular complexity index is 218. The molecule has 14 heavy (non-hydrogen) atoms. The predicted octanol–water partition coefficient (Wildman–Crippen LogP) is -1.01. The smallest absolute Gasteiger partial charge is 0.222 e. The zero-order valence-electron chi connectivity index (χ0n) is 8.43. The lowest BCUT2D eigenvalue weighted by molar-refractivity contribution is -0.121. The highest BCUT2D eigenvalue weighted by Gasteiger charge is 2.22. The summed E-state index contributed by atoms with van der Waals surface area (Å²) in [4.78, 5) is 22.1. The van der Waals surface area contributed by atoms with Crippen molar-refractivity contribution < 1.29 is 9.59 Å². The standard InChI is InChI=1S/C9H17N3O2/c1-10-4-2-3-8(13)12-7-5-9(14)11-6-7/h7,10H,2-6H2,1H3,(H,11,14)(H,12,13). The third-order valence-corrected chi connectivity index (χ3v) is 2.17. The second-order valence-electron chi connectivity index (χ2n) is 3.48. The average Bonchev–Trinajstić information content (AvgIpc) is 2.52. The van der Waals surface area contributed by atoms with Crippen molar-refractivity contribution in [3.05, 3.63) is 0 Å². The number of carbonyl (C=O) groups excluding carboxylic acids is 2. The van der Waals surface area contributed by atoms with Gasteiger partial charge in [-0.2, -0.15) is 0 Å². The SMILES string of the molecule is CNCCCC(=O)NC1CNC(=O)C1. The Morgan fingerprint density at radius 3 is 3.00 bits per heavy atom. The maximum atomic E-state index is 11.3. The monoisotopic (exact) mass is 199 g/mol. The number of amides is 2. The van der Waals surface area contributed by atoms with Crippen molar-refractivity contribution in [2.24, 2.45) is 0 Å². The molecule has 0 aromatic carbocycles. The summed E-state index contributed by atoms with van der Waals surface area (Å²) in [5.41, 5.74) is 0. The van der Waals surface area contributed by atoms with E-state index in [0.717, 1.165) is 13.0 Å². The van der Waals surface area contributed by atoms with E-state index in [1.807, 2.05) is 7.05 Å². The summed E-state index contributed by atoms with van der Waals surface area (Å²) < 4.78 is 0. The van der Waals surface area contributed by atoms with Crippen LogP contribution in [-0.4, -0.2) is 38.0 Å². The van der Waals surface area contributed by atoms with Gasteiger partial charge in [-0.15, -0.1) is 0 Å². The van der Waals surface area contributed by atoms with Gasteiger partial charge in [-0.05, 0) is 20.0 Å². The first-order valence-electron chi connectivity index (χ1n) is 4.93. The van der Waals surface area contributed by atoms with Crippen LogP contribution in [0.25, 0.3) is 0 Å². The van der Waals surface area contributed by atoms with Crippen LogP contribution in [0, 0.1) is 0 Å². The third kappa shape index (κ3) is 3.74. The summed E-state index contributed by atoms with van der Waals surface area (Å²) in [7, 11) is 1.86. The molecule has 0 aliphatic carbocycles. The molecule has 1 fully saturated rings. The zero-order chi connectivity index (χ0) is 10.4. The van der Waals surface area contributed by atoms with Crippen molar-refractivity contribution in [3.63, 3.8) is 0 Å². The molecule has 0 spiro atoms. The number of nitrogens with one attached hydrogen (secondary N) is 3. The van der Waals surface area contributed by atoms with Crippen LogP contribution in [0.1, 0.15) is 19.3 Å². The minimum absolute atomic E-state index is 0.00964. The third-order valence-electron chi connectivity index (χ3n) is 2.17. The van der Waals surface area contributed by atoms with Crippen LogP contribution in [0.15, 0.2) is 0 Å². The molecule has 3 N–H and O–H groups in total. The molecule has 1 atom stereocenters. The van der Waals surface area contributed by atoms with Crippen molar-refractivity contribution in [2.45, 2.75) is 25.3 Å². The van der Waals surface area contributed by atoms with Gasteiger partial charge >= 0.3 is 0 Å². The Morgan fingerprint density at radius 2 is 2.43 bits per heavy atom. The van der Waals surface area contributed by atoms with E-state index in [0.29, 0.717) is 19.4 Å². The summed E-state index contributed by atoms with van der Waals surface area (Å²) in [6.07, 6.45) is 1.76. The molecule has 0 saturated carbocycles. The lowest BCUT2D eigenvalue weighted by atomic mass is 10.2. The second-order valence-corrected chi connectivity index (χ2v) is 3.48. The summed E-state index contributed by atoms with van der Waals surface area (Å²) in [5, 5.41) is 8.47. The molecule has 1 saturated heterocycles. The van der Waals surface area contributed by atoms with Gasteiger partial charge in [-0.1, -0.05) is 0 Å². The van der Waals surface area contributed by atoms with Crippen LogP contribution in [0.5, 0.6) is 0 Å². The van der Waals surface area contributed by atoms with Crippen molar-refractivity contribution in [2.75, 3.05) is 20.1 Å². The molecular weight excluding hydrogens is 182 g/mol. The highest BCUT2D eigenvalue weighted by Crippen LogP contribution is 1.99. The van der Waals surface area contributed by atoms with Gasteiger partial charge in [0.1, 0.15) is 0 Å². The van der Waals surface area contributed by atoms with Crippen LogP contribution >= 0.6 is 0 Å². The lowest BCUT2D eigenvalue weighted by Crippen LogP contribution is -2.36. The topological polar surface area (TPSA) is 70.2 Å². The fourth-order valence-corrected chi connectivity index (χ4v) is 1.43. The largest absolute Gasteiger partial charge is 0.354 e. The van der Waals surface area contributed by atoms with Gasteiger partial charge in [-0.25, -0.2) is 0 Å². The Kier molecular flexibility index (Phi) is 4.39. The van der Waals surface area contributed by atoms with Crippen LogP contribution in [0.3, 0.4) is 0 Å². The molecule has 0 radical (unpaired) electrons. The molecule has 1 heterocycles. The van der Waals surface area contributed by atoms with Crippen LogP contribution in [0.4, 0.5) is 0 Å². The zero-order valence-corrected chi connectivity index (χ0v) is 8.43. The molecule has 1 unspecified atom stereocenters. The molecule has 1 aliphatic rings. The quantitative estimate of drug-likeness (QED) is 0.497. The molecular formula is C9H17N3O2. The summed E-state index contributed by atoms with van der Waals surface area (Å²) in [6, 6.07) is -0.00964. The highest BCUT2D eigenvalue weighted by molar-refractivity contribution is 5.81. The van der Waals surface area contributed by atoms with Crippen LogP contribution in [-0.2, 0) is 9.59 Å². The lowest BCUT2D eigenvalue weighted by Gasteiger charge is -2.09. The van der Waals surface area contributed by atoms with Crippen molar-refractivity contribution >= 4 is 11.8 Å². The van der Waals surface area contributed by atoms with Crippen LogP contribution in [0.2, 0.25) is 0 Å². The Balaban J connectivity index is 2.11. The van der Waals surface area contributed by atoms with Gasteiger partial charge in [-0.3, -0.25) is 9.59 Å². The van der Waals surface area contributed by atoms with E-state index in [2.05, 4.69) is 16.0 Å². The number of hydrogen-bond acceptors (Lipinski definition) is 3. The summed E-state index contributed by atoms with van der Waals surface area (Å²) in [6.45, 7) is 1.41. The minimum Gasteiger partial charge on any atom is -0.354 e. The fourth-order valence-electron chi connectivity index (χ4n) is 1.43. The first-order chi connectivity index (χ1) is 6.72. The van der Waals surface area contributed by atoms with Gasteiger partial charge in [0.15, 0.2) is 0 Å². The van der Waals surface area contributed by atoms with E-state index in [9.17, 15) is 9.59 Å². The Morgan fingerprint density at radius 1 is 1.64 bits per heavy atom. The van der Waals surface area contributed by atoms with E-state index in [1.54, 1.807) is 0 Å². The fraction of sp³-hybridized carbons (Fsp3) is 0.778. The predicted molar refractivity (Wildman–Crippen MR) is 52.7 cm³/mol. The summed E-state index contributed by atoms with van der Waals surface area (Å²) >= 11 is 0. The van der Waals surface area contributed by atoms with Gasteiger partial charge < -0.3 is 16.0 Å². The molecule has 5 nitrogen and oxygen atoms in total. The molecule has 5 heteroatoms. The first-order valence-corrected chi connectivity index (χ1v) is 4.93. The van der Waals surface area contributed by atoms with E-state index >= 15 is 0 Å².